The molecule has 1 amide bonds. The SMILES string of the molecule is CC(C)CC(C)(C)C(=O)NCC(C)(O)C(C)C. The van der Waals surface area contributed by atoms with Crippen molar-refractivity contribution in [3.63, 3.8) is 0 Å². The molecule has 0 aliphatic rings. The van der Waals surface area contributed by atoms with Crippen LogP contribution in [-0.2, 0) is 4.79 Å². The minimum absolute atomic E-state index is 0.0205. The molecule has 0 fully saturated rings. The van der Waals surface area contributed by atoms with Gasteiger partial charge < -0.3 is 10.4 Å². The fourth-order valence-corrected chi connectivity index (χ4v) is 1.82. The number of carbonyl (C=O) groups excluding carboxylic acids is 1. The molecule has 1 unspecified atom stereocenters. The molecule has 1 atom stereocenters. The summed E-state index contributed by atoms with van der Waals surface area (Å²) in [5.41, 5.74) is -1.22. The first-order valence-electron chi connectivity index (χ1n) is 6.49. The van der Waals surface area contributed by atoms with Gasteiger partial charge in [-0.05, 0) is 25.2 Å². The topological polar surface area (TPSA) is 49.3 Å². The van der Waals surface area contributed by atoms with Crippen LogP contribution in [0.3, 0.4) is 0 Å². The van der Waals surface area contributed by atoms with Crippen LogP contribution in [0, 0.1) is 17.3 Å². The van der Waals surface area contributed by atoms with Gasteiger partial charge in [0, 0.05) is 12.0 Å². The van der Waals surface area contributed by atoms with Gasteiger partial charge in [0.25, 0.3) is 0 Å². The van der Waals surface area contributed by atoms with Gasteiger partial charge in [0.15, 0.2) is 0 Å². The maximum absolute atomic E-state index is 12.0. The van der Waals surface area contributed by atoms with Crippen LogP contribution >= 0.6 is 0 Å². The van der Waals surface area contributed by atoms with E-state index in [-0.39, 0.29) is 17.2 Å². The van der Waals surface area contributed by atoms with E-state index < -0.39 is 5.60 Å². The second-order valence-electron chi connectivity index (χ2n) is 6.68. The number of hydrogen-bond donors (Lipinski definition) is 2. The van der Waals surface area contributed by atoms with E-state index in [1.165, 1.54) is 0 Å². The molecule has 0 heterocycles. The van der Waals surface area contributed by atoms with Gasteiger partial charge in [-0.25, -0.2) is 0 Å². The van der Waals surface area contributed by atoms with Gasteiger partial charge in [0.1, 0.15) is 0 Å². The van der Waals surface area contributed by atoms with E-state index in [1.807, 2.05) is 27.7 Å². The highest BCUT2D eigenvalue weighted by Crippen LogP contribution is 2.25. The Bertz CT molecular complexity index is 255. The summed E-state index contributed by atoms with van der Waals surface area (Å²) in [6, 6.07) is 0. The van der Waals surface area contributed by atoms with Crippen molar-refractivity contribution in [3.8, 4) is 0 Å². The van der Waals surface area contributed by atoms with Crippen LogP contribution in [0.5, 0.6) is 0 Å². The average Bonchev–Trinajstić information content (AvgIpc) is 2.11. The summed E-state index contributed by atoms with van der Waals surface area (Å²) >= 11 is 0. The molecule has 0 saturated carbocycles. The van der Waals surface area contributed by atoms with Crippen molar-refractivity contribution in [2.24, 2.45) is 17.3 Å². The molecule has 0 aliphatic carbocycles. The van der Waals surface area contributed by atoms with Crippen molar-refractivity contribution in [3.05, 3.63) is 0 Å². The Morgan fingerprint density at radius 3 is 2.00 bits per heavy atom. The number of nitrogens with one attached hydrogen (secondary N) is 1. The molecule has 0 aliphatic heterocycles. The summed E-state index contributed by atoms with van der Waals surface area (Å²) in [5.74, 6) is 0.629. The molecule has 0 radical (unpaired) electrons. The summed E-state index contributed by atoms with van der Waals surface area (Å²) in [6.45, 7) is 14.1. The summed E-state index contributed by atoms with van der Waals surface area (Å²) in [4.78, 5) is 12.0. The summed E-state index contributed by atoms with van der Waals surface area (Å²) < 4.78 is 0. The third-order valence-corrected chi connectivity index (χ3v) is 3.38. The molecule has 17 heavy (non-hydrogen) atoms. The molecule has 3 nitrogen and oxygen atoms in total. The summed E-state index contributed by atoms with van der Waals surface area (Å²) in [7, 11) is 0. The second-order valence-corrected chi connectivity index (χ2v) is 6.68. The van der Waals surface area contributed by atoms with Gasteiger partial charge >= 0.3 is 0 Å². The predicted octanol–water partition coefficient (Wildman–Crippen LogP) is 2.58. The van der Waals surface area contributed by atoms with E-state index in [2.05, 4.69) is 19.2 Å². The van der Waals surface area contributed by atoms with E-state index in [9.17, 15) is 9.90 Å². The number of amides is 1. The van der Waals surface area contributed by atoms with Crippen molar-refractivity contribution >= 4 is 5.91 Å². The van der Waals surface area contributed by atoms with Crippen molar-refractivity contribution in [1.82, 2.24) is 5.32 Å². The zero-order valence-electron chi connectivity index (χ0n) is 12.4. The lowest BCUT2D eigenvalue weighted by molar-refractivity contribution is -0.131. The van der Waals surface area contributed by atoms with Crippen LogP contribution in [0.4, 0.5) is 0 Å². The average molecular weight is 243 g/mol. The molecular weight excluding hydrogens is 214 g/mol. The van der Waals surface area contributed by atoms with Crippen molar-refractivity contribution < 1.29 is 9.90 Å². The van der Waals surface area contributed by atoms with Gasteiger partial charge in [-0.15, -0.1) is 0 Å². The van der Waals surface area contributed by atoms with Crippen LogP contribution in [-0.4, -0.2) is 23.2 Å². The molecule has 102 valence electrons. The Morgan fingerprint density at radius 2 is 1.65 bits per heavy atom. The van der Waals surface area contributed by atoms with Crippen molar-refractivity contribution in [2.45, 2.75) is 60.5 Å². The molecule has 0 spiro atoms. The van der Waals surface area contributed by atoms with Gasteiger partial charge in [0.05, 0.1) is 5.60 Å². The van der Waals surface area contributed by atoms with Crippen molar-refractivity contribution in [2.75, 3.05) is 6.54 Å². The van der Waals surface area contributed by atoms with E-state index in [0.29, 0.717) is 12.5 Å². The van der Waals surface area contributed by atoms with E-state index in [1.54, 1.807) is 6.92 Å². The number of hydrogen-bond acceptors (Lipinski definition) is 2. The zero-order chi connectivity index (χ0) is 13.9. The highest BCUT2D eigenvalue weighted by molar-refractivity contribution is 5.81. The van der Waals surface area contributed by atoms with Crippen LogP contribution in [0.1, 0.15) is 54.9 Å². The lowest BCUT2D eigenvalue weighted by Crippen LogP contribution is -2.48. The fourth-order valence-electron chi connectivity index (χ4n) is 1.82. The summed E-state index contributed by atoms with van der Waals surface area (Å²) in [5, 5.41) is 12.9. The third-order valence-electron chi connectivity index (χ3n) is 3.38. The largest absolute Gasteiger partial charge is 0.388 e. The molecule has 2 N–H and O–H groups in total. The summed E-state index contributed by atoms with van der Waals surface area (Å²) in [6.07, 6.45) is 0.850. The van der Waals surface area contributed by atoms with E-state index >= 15 is 0 Å². The molecular formula is C14H29NO2. The Hall–Kier alpha value is -0.570. The third kappa shape index (κ3) is 5.53. The standard InChI is InChI=1S/C14H29NO2/c1-10(2)8-13(5,6)12(16)15-9-14(7,17)11(3)4/h10-11,17H,8-9H2,1-7H3,(H,15,16). The van der Waals surface area contributed by atoms with E-state index in [4.69, 9.17) is 0 Å². The molecule has 0 aromatic heterocycles. The van der Waals surface area contributed by atoms with E-state index in [0.717, 1.165) is 6.42 Å². The molecule has 0 saturated heterocycles. The van der Waals surface area contributed by atoms with Crippen LogP contribution in [0.25, 0.3) is 0 Å². The van der Waals surface area contributed by atoms with Gasteiger partial charge in [-0.2, -0.15) is 0 Å². The van der Waals surface area contributed by atoms with Gasteiger partial charge in [-0.3, -0.25) is 4.79 Å². The Balaban J connectivity index is 4.36. The number of aliphatic hydroxyl groups is 1. The second kappa shape index (κ2) is 5.85. The molecule has 0 aromatic rings. The minimum atomic E-state index is -0.844. The Labute approximate surface area is 106 Å². The normalized spacial score (nSPS) is 16.1. The lowest BCUT2D eigenvalue weighted by Gasteiger charge is -2.31. The van der Waals surface area contributed by atoms with Crippen LogP contribution < -0.4 is 5.32 Å². The Kier molecular flexibility index (Phi) is 5.66. The minimum Gasteiger partial charge on any atom is -0.388 e. The molecule has 0 rings (SSSR count). The maximum atomic E-state index is 12.0. The first kappa shape index (κ1) is 16.4. The first-order valence-corrected chi connectivity index (χ1v) is 6.49. The molecule has 0 aromatic carbocycles. The number of carbonyl (C=O) groups is 1. The maximum Gasteiger partial charge on any atom is 0.225 e. The van der Waals surface area contributed by atoms with Crippen LogP contribution in [0.15, 0.2) is 0 Å². The first-order chi connectivity index (χ1) is 7.49. The van der Waals surface area contributed by atoms with Crippen molar-refractivity contribution in [1.29, 1.82) is 0 Å². The Morgan fingerprint density at radius 1 is 1.18 bits per heavy atom. The highest BCUT2D eigenvalue weighted by atomic mass is 16.3. The zero-order valence-corrected chi connectivity index (χ0v) is 12.4. The van der Waals surface area contributed by atoms with Crippen LogP contribution in [0.2, 0.25) is 0 Å². The molecule has 3 heteroatoms. The quantitative estimate of drug-likeness (QED) is 0.753. The number of rotatable bonds is 6. The van der Waals surface area contributed by atoms with Gasteiger partial charge in [-0.1, -0.05) is 41.5 Å². The smallest absolute Gasteiger partial charge is 0.225 e. The molecule has 0 bridgehead atoms. The fraction of sp³-hybridized carbons (Fsp3) is 0.929. The van der Waals surface area contributed by atoms with Gasteiger partial charge in [0.2, 0.25) is 5.91 Å². The lowest BCUT2D eigenvalue weighted by atomic mass is 9.82. The monoisotopic (exact) mass is 243 g/mol. The predicted molar refractivity (Wildman–Crippen MR) is 71.7 cm³/mol. The highest BCUT2D eigenvalue weighted by Gasteiger charge is 2.31.